The summed E-state index contributed by atoms with van der Waals surface area (Å²) in [4.78, 5) is 0. The molecule has 0 radical (unpaired) electrons. The maximum atomic E-state index is 5.42. The molecule has 4 heteroatoms. The largest absolute Gasteiger partial charge is 0.380 e. The molecule has 0 spiro atoms. The highest BCUT2D eigenvalue weighted by Gasteiger charge is 2.23. The zero-order valence-electron chi connectivity index (χ0n) is 7.85. The highest BCUT2D eigenvalue weighted by atomic mass is 28.1. The van der Waals surface area contributed by atoms with Gasteiger partial charge in [0.25, 0.3) is 0 Å². The summed E-state index contributed by atoms with van der Waals surface area (Å²) in [6.07, 6.45) is 0. The van der Waals surface area contributed by atoms with Gasteiger partial charge < -0.3 is 14.2 Å². The fraction of sp³-hybridized carbons (Fsp3) is 1.00. The zero-order chi connectivity index (χ0) is 8.74. The molecule has 0 aromatic heterocycles. The lowest BCUT2D eigenvalue weighted by Gasteiger charge is -2.28. The minimum absolute atomic E-state index is 0.432. The van der Waals surface area contributed by atoms with Crippen molar-refractivity contribution in [3.8, 4) is 0 Å². The molecule has 68 valence electrons. The fourth-order valence-electron chi connectivity index (χ4n) is 0.998. The van der Waals surface area contributed by atoms with E-state index in [1.54, 1.807) is 7.11 Å². The van der Waals surface area contributed by atoms with Crippen LogP contribution in [0.1, 0.15) is 13.8 Å². The first-order chi connectivity index (χ1) is 5.18. The third kappa shape index (κ3) is 4.52. The van der Waals surface area contributed by atoms with Crippen molar-refractivity contribution in [1.29, 1.82) is 0 Å². The summed E-state index contributed by atoms with van der Waals surface area (Å²) >= 11 is 0. The van der Waals surface area contributed by atoms with E-state index in [4.69, 9.17) is 14.2 Å². The lowest BCUT2D eigenvalue weighted by Crippen LogP contribution is -2.41. The first-order valence-corrected chi connectivity index (χ1v) is 4.95. The molecule has 0 saturated carbocycles. The summed E-state index contributed by atoms with van der Waals surface area (Å²) in [5, 5.41) is 0. The van der Waals surface area contributed by atoms with Crippen molar-refractivity contribution in [2.45, 2.75) is 19.3 Å². The van der Waals surface area contributed by atoms with Crippen LogP contribution < -0.4 is 0 Å². The first kappa shape index (κ1) is 11.1. The molecule has 0 bridgehead atoms. The molecule has 0 aliphatic heterocycles. The average Bonchev–Trinajstić information content (AvgIpc) is 1.88. The smallest absolute Gasteiger partial charge is 0.163 e. The van der Waals surface area contributed by atoms with Crippen LogP contribution in [0.15, 0.2) is 0 Å². The van der Waals surface area contributed by atoms with Crippen LogP contribution in [0, 0.1) is 0 Å². The Hall–Kier alpha value is 0.0969. The van der Waals surface area contributed by atoms with E-state index in [1.807, 2.05) is 13.8 Å². The van der Waals surface area contributed by atoms with E-state index in [2.05, 4.69) is 0 Å². The van der Waals surface area contributed by atoms with E-state index in [0.29, 0.717) is 19.8 Å². The minimum atomic E-state index is -0.432. The van der Waals surface area contributed by atoms with Crippen molar-refractivity contribution in [3.05, 3.63) is 0 Å². The topological polar surface area (TPSA) is 27.7 Å². The third-order valence-corrected chi connectivity index (χ3v) is 2.17. The second-order valence-electron chi connectivity index (χ2n) is 2.43. The lowest BCUT2D eigenvalue weighted by atomic mass is 10.6. The normalized spacial score (nSPS) is 12.3. The van der Waals surface area contributed by atoms with Crippen molar-refractivity contribution in [3.63, 3.8) is 0 Å². The van der Waals surface area contributed by atoms with Gasteiger partial charge in [-0.1, -0.05) is 0 Å². The van der Waals surface area contributed by atoms with Crippen LogP contribution in [0.5, 0.6) is 0 Å². The van der Waals surface area contributed by atoms with E-state index in [1.165, 1.54) is 0 Å². The van der Waals surface area contributed by atoms with E-state index in [0.717, 1.165) is 10.2 Å². The first-order valence-electron chi connectivity index (χ1n) is 3.95. The quantitative estimate of drug-likeness (QED) is 0.414. The van der Waals surface area contributed by atoms with Gasteiger partial charge >= 0.3 is 0 Å². The maximum Gasteiger partial charge on any atom is 0.163 e. The van der Waals surface area contributed by atoms with Crippen molar-refractivity contribution in [2.24, 2.45) is 0 Å². The van der Waals surface area contributed by atoms with E-state index < -0.39 is 5.41 Å². The Balaban J connectivity index is 3.79. The highest BCUT2D eigenvalue weighted by molar-refractivity contribution is 6.13. The van der Waals surface area contributed by atoms with Gasteiger partial charge in [-0.05, 0) is 13.8 Å². The van der Waals surface area contributed by atoms with Gasteiger partial charge in [0.05, 0.1) is 16.8 Å². The SMILES string of the molecule is CCOC([SiH3])(COC)OCC. The predicted molar refractivity (Wildman–Crippen MR) is 47.8 cm³/mol. The van der Waals surface area contributed by atoms with E-state index in [-0.39, 0.29) is 0 Å². The Morgan fingerprint density at radius 2 is 1.64 bits per heavy atom. The Morgan fingerprint density at radius 3 is 1.91 bits per heavy atom. The molecular weight excluding hydrogens is 160 g/mol. The van der Waals surface area contributed by atoms with Crippen molar-refractivity contribution >= 4 is 10.2 Å². The van der Waals surface area contributed by atoms with Crippen LogP contribution in [-0.4, -0.2) is 42.6 Å². The molecule has 0 N–H and O–H groups in total. The average molecular weight is 178 g/mol. The molecule has 0 unspecified atom stereocenters. The molecular formula is C7H18O3Si. The second kappa shape index (κ2) is 5.71. The molecule has 0 heterocycles. The Morgan fingerprint density at radius 1 is 1.18 bits per heavy atom. The van der Waals surface area contributed by atoms with Gasteiger partial charge in [-0.2, -0.15) is 0 Å². The summed E-state index contributed by atoms with van der Waals surface area (Å²) < 4.78 is 15.8. The number of rotatable bonds is 6. The van der Waals surface area contributed by atoms with E-state index in [9.17, 15) is 0 Å². The minimum Gasteiger partial charge on any atom is -0.380 e. The monoisotopic (exact) mass is 178 g/mol. The van der Waals surface area contributed by atoms with Crippen LogP contribution >= 0.6 is 0 Å². The van der Waals surface area contributed by atoms with Crippen LogP contribution in [0.2, 0.25) is 0 Å². The van der Waals surface area contributed by atoms with Crippen molar-refractivity contribution in [2.75, 3.05) is 26.9 Å². The molecule has 0 amide bonds. The number of methoxy groups -OCH3 is 1. The summed E-state index contributed by atoms with van der Waals surface area (Å²) in [7, 11) is 2.49. The number of ether oxygens (including phenoxy) is 3. The van der Waals surface area contributed by atoms with Crippen LogP contribution in [0.25, 0.3) is 0 Å². The van der Waals surface area contributed by atoms with Gasteiger partial charge in [-0.25, -0.2) is 0 Å². The fourth-order valence-corrected chi connectivity index (χ4v) is 1.86. The molecule has 0 aromatic rings. The lowest BCUT2D eigenvalue weighted by molar-refractivity contribution is -0.197. The molecule has 0 aromatic carbocycles. The van der Waals surface area contributed by atoms with Gasteiger partial charge in [-0.3, -0.25) is 0 Å². The number of hydrogen-bond acceptors (Lipinski definition) is 3. The van der Waals surface area contributed by atoms with E-state index >= 15 is 0 Å². The molecule has 3 nitrogen and oxygen atoms in total. The standard InChI is InChI=1S/C7H18O3Si/c1-4-9-7(11,6-8-3)10-5-2/h4-6H2,1-3,11H3. The van der Waals surface area contributed by atoms with Gasteiger partial charge in [-0.15, -0.1) is 0 Å². The van der Waals surface area contributed by atoms with Gasteiger partial charge in [0.2, 0.25) is 0 Å². The highest BCUT2D eigenvalue weighted by Crippen LogP contribution is 2.08. The molecule has 11 heavy (non-hydrogen) atoms. The maximum absolute atomic E-state index is 5.42. The zero-order valence-corrected chi connectivity index (χ0v) is 9.85. The Kier molecular flexibility index (Phi) is 5.76. The van der Waals surface area contributed by atoms with Gasteiger partial charge in [0.15, 0.2) is 5.41 Å². The molecule has 0 fully saturated rings. The van der Waals surface area contributed by atoms with Gasteiger partial charge in [0, 0.05) is 20.3 Å². The van der Waals surface area contributed by atoms with Crippen LogP contribution in [-0.2, 0) is 14.2 Å². The summed E-state index contributed by atoms with van der Waals surface area (Å²) in [6.45, 7) is 5.79. The molecule has 0 atom stereocenters. The summed E-state index contributed by atoms with van der Waals surface area (Å²) in [6, 6.07) is 0. The van der Waals surface area contributed by atoms with Crippen molar-refractivity contribution in [1.82, 2.24) is 0 Å². The van der Waals surface area contributed by atoms with Crippen LogP contribution in [0.3, 0.4) is 0 Å². The third-order valence-electron chi connectivity index (χ3n) is 1.31. The molecule has 0 rings (SSSR count). The summed E-state index contributed by atoms with van der Waals surface area (Å²) in [5.41, 5.74) is -0.432. The van der Waals surface area contributed by atoms with Crippen LogP contribution in [0.4, 0.5) is 0 Å². The van der Waals surface area contributed by atoms with Crippen molar-refractivity contribution < 1.29 is 14.2 Å². The Labute approximate surface area is 71.4 Å². The van der Waals surface area contributed by atoms with Gasteiger partial charge in [0.1, 0.15) is 0 Å². The molecule has 0 saturated heterocycles. The summed E-state index contributed by atoms with van der Waals surface area (Å²) in [5.74, 6) is 0. The molecule has 0 aliphatic carbocycles. The number of hydrogen-bond donors (Lipinski definition) is 0. The molecule has 0 aliphatic rings. The Bertz CT molecular complexity index is 80.7. The predicted octanol–water partition coefficient (Wildman–Crippen LogP) is -0.275. The second-order valence-corrected chi connectivity index (χ2v) is 3.96.